The molecule has 0 radical (unpaired) electrons. The quantitative estimate of drug-likeness (QED) is 0.674. The van der Waals surface area contributed by atoms with Gasteiger partial charge in [0.2, 0.25) is 0 Å². The van der Waals surface area contributed by atoms with Crippen molar-refractivity contribution in [2.75, 3.05) is 25.6 Å². The highest BCUT2D eigenvalue weighted by atomic mass is 16.5. The first kappa shape index (κ1) is 16.2. The molecule has 1 N–H and O–H groups in total. The Bertz CT molecular complexity index is 821. The molecule has 124 valence electrons. The Balaban J connectivity index is 1.52. The standard InChI is InChI=1S/C19H21N3O2/c1-14-6-7-18-17(10-14)19(22-13-21-18)20-8-9-24-12-15-4-3-5-16(11-15)23-2/h3-7,10-11,13H,8-9,12H2,1-2H3,(H,20,21,22). The summed E-state index contributed by atoms with van der Waals surface area (Å²) in [5.74, 6) is 1.69. The van der Waals surface area contributed by atoms with Gasteiger partial charge in [0, 0.05) is 11.9 Å². The molecule has 0 amide bonds. The maximum Gasteiger partial charge on any atom is 0.137 e. The molecule has 24 heavy (non-hydrogen) atoms. The predicted octanol–water partition coefficient (Wildman–Crippen LogP) is 3.58. The molecule has 0 aliphatic carbocycles. The molecular weight excluding hydrogens is 302 g/mol. The summed E-state index contributed by atoms with van der Waals surface area (Å²) in [5, 5.41) is 4.36. The van der Waals surface area contributed by atoms with Crippen LogP contribution in [0.4, 0.5) is 5.82 Å². The molecule has 1 aromatic heterocycles. The molecule has 3 rings (SSSR count). The molecule has 0 bridgehead atoms. The van der Waals surface area contributed by atoms with Crippen LogP contribution >= 0.6 is 0 Å². The topological polar surface area (TPSA) is 56.3 Å². The summed E-state index contributed by atoms with van der Waals surface area (Å²) < 4.78 is 10.9. The van der Waals surface area contributed by atoms with Crippen LogP contribution in [0.25, 0.3) is 10.9 Å². The Morgan fingerprint density at radius 1 is 1.08 bits per heavy atom. The molecule has 0 spiro atoms. The molecule has 0 fully saturated rings. The second kappa shape index (κ2) is 7.75. The van der Waals surface area contributed by atoms with Gasteiger partial charge in [-0.3, -0.25) is 0 Å². The molecule has 3 aromatic rings. The van der Waals surface area contributed by atoms with Crippen molar-refractivity contribution in [2.24, 2.45) is 0 Å². The summed E-state index contributed by atoms with van der Waals surface area (Å²) in [7, 11) is 1.66. The summed E-state index contributed by atoms with van der Waals surface area (Å²) in [5.41, 5.74) is 3.22. The molecule has 0 unspecified atom stereocenters. The lowest BCUT2D eigenvalue weighted by Gasteiger charge is -2.10. The zero-order valence-corrected chi connectivity index (χ0v) is 14.0. The Hall–Kier alpha value is -2.66. The summed E-state index contributed by atoms with van der Waals surface area (Å²) >= 11 is 0. The highest BCUT2D eigenvalue weighted by Crippen LogP contribution is 2.20. The normalized spacial score (nSPS) is 10.8. The number of aromatic nitrogens is 2. The number of nitrogens with zero attached hydrogens (tertiary/aromatic N) is 2. The van der Waals surface area contributed by atoms with Gasteiger partial charge in [-0.2, -0.15) is 0 Å². The zero-order valence-electron chi connectivity index (χ0n) is 14.0. The van der Waals surface area contributed by atoms with Crippen molar-refractivity contribution < 1.29 is 9.47 Å². The number of fused-ring (bicyclic) bond motifs is 1. The van der Waals surface area contributed by atoms with E-state index in [0.717, 1.165) is 28.0 Å². The van der Waals surface area contributed by atoms with Crippen molar-refractivity contribution in [3.63, 3.8) is 0 Å². The van der Waals surface area contributed by atoms with E-state index in [2.05, 4.69) is 34.3 Å². The van der Waals surface area contributed by atoms with Crippen molar-refractivity contribution in [2.45, 2.75) is 13.5 Å². The number of ether oxygens (including phenoxy) is 2. The van der Waals surface area contributed by atoms with E-state index >= 15 is 0 Å². The average molecular weight is 323 g/mol. The predicted molar refractivity (Wildman–Crippen MR) is 95.4 cm³/mol. The Kier molecular flexibility index (Phi) is 5.23. The van der Waals surface area contributed by atoms with E-state index in [0.29, 0.717) is 19.8 Å². The maximum atomic E-state index is 5.72. The van der Waals surface area contributed by atoms with Gasteiger partial charge in [-0.1, -0.05) is 23.8 Å². The first-order valence-corrected chi connectivity index (χ1v) is 7.92. The fourth-order valence-corrected chi connectivity index (χ4v) is 2.51. The number of hydrogen-bond acceptors (Lipinski definition) is 5. The Morgan fingerprint density at radius 3 is 2.88 bits per heavy atom. The van der Waals surface area contributed by atoms with Gasteiger partial charge < -0.3 is 14.8 Å². The highest BCUT2D eigenvalue weighted by molar-refractivity contribution is 5.89. The average Bonchev–Trinajstić information content (AvgIpc) is 2.62. The minimum atomic E-state index is 0.558. The van der Waals surface area contributed by atoms with Gasteiger partial charge in [-0.05, 0) is 36.8 Å². The van der Waals surface area contributed by atoms with Crippen LogP contribution in [0.2, 0.25) is 0 Å². The second-order valence-corrected chi connectivity index (χ2v) is 5.57. The molecule has 5 nitrogen and oxygen atoms in total. The fraction of sp³-hybridized carbons (Fsp3) is 0.263. The minimum absolute atomic E-state index is 0.558. The molecule has 0 atom stereocenters. The van der Waals surface area contributed by atoms with Gasteiger partial charge in [-0.15, -0.1) is 0 Å². The van der Waals surface area contributed by atoms with Crippen LogP contribution in [-0.2, 0) is 11.3 Å². The van der Waals surface area contributed by atoms with E-state index in [1.807, 2.05) is 30.3 Å². The van der Waals surface area contributed by atoms with Gasteiger partial charge in [0.25, 0.3) is 0 Å². The third-order valence-corrected chi connectivity index (χ3v) is 3.73. The van der Waals surface area contributed by atoms with Gasteiger partial charge in [0.05, 0.1) is 25.8 Å². The highest BCUT2D eigenvalue weighted by Gasteiger charge is 2.03. The zero-order chi connectivity index (χ0) is 16.8. The van der Waals surface area contributed by atoms with E-state index in [1.54, 1.807) is 13.4 Å². The van der Waals surface area contributed by atoms with Crippen LogP contribution in [-0.4, -0.2) is 30.2 Å². The number of benzene rings is 2. The minimum Gasteiger partial charge on any atom is -0.497 e. The Morgan fingerprint density at radius 2 is 2.00 bits per heavy atom. The second-order valence-electron chi connectivity index (χ2n) is 5.57. The molecular formula is C19H21N3O2. The number of hydrogen-bond donors (Lipinski definition) is 1. The molecule has 0 aliphatic heterocycles. The fourth-order valence-electron chi connectivity index (χ4n) is 2.51. The molecule has 5 heteroatoms. The van der Waals surface area contributed by atoms with Gasteiger partial charge >= 0.3 is 0 Å². The summed E-state index contributed by atoms with van der Waals surface area (Å²) in [6.07, 6.45) is 1.58. The third-order valence-electron chi connectivity index (χ3n) is 3.73. The van der Waals surface area contributed by atoms with Crippen LogP contribution in [0, 0.1) is 6.92 Å². The van der Waals surface area contributed by atoms with E-state index in [1.165, 1.54) is 5.56 Å². The van der Waals surface area contributed by atoms with Gasteiger partial charge in [-0.25, -0.2) is 9.97 Å². The van der Waals surface area contributed by atoms with Crippen LogP contribution in [0.5, 0.6) is 5.75 Å². The smallest absolute Gasteiger partial charge is 0.137 e. The number of rotatable bonds is 7. The first-order valence-electron chi connectivity index (χ1n) is 7.92. The van der Waals surface area contributed by atoms with E-state index in [-0.39, 0.29) is 0 Å². The SMILES string of the molecule is COc1cccc(COCCNc2ncnc3ccc(C)cc23)c1. The molecule has 1 heterocycles. The summed E-state index contributed by atoms with van der Waals surface area (Å²) in [4.78, 5) is 8.62. The number of methoxy groups -OCH3 is 1. The van der Waals surface area contributed by atoms with E-state index in [9.17, 15) is 0 Å². The van der Waals surface area contributed by atoms with Crippen molar-refractivity contribution in [3.05, 3.63) is 59.9 Å². The van der Waals surface area contributed by atoms with Crippen LogP contribution < -0.4 is 10.1 Å². The van der Waals surface area contributed by atoms with Gasteiger partial charge in [0.1, 0.15) is 17.9 Å². The van der Waals surface area contributed by atoms with Crippen LogP contribution in [0.1, 0.15) is 11.1 Å². The van der Waals surface area contributed by atoms with Crippen LogP contribution in [0.15, 0.2) is 48.8 Å². The molecule has 0 aliphatic rings. The largest absolute Gasteiger partial charge is 0.497 e. The first-order chi connectivity index (χ1) is 11.8. The summed E-state index contributed by atoms with van der Waals surface area (Å²) in [6.45, 7) is 3.90. The third kappa shape index (κ3) is 4.00. The molecule has 2 aromatic carbocycles. The summed E-state index contributed by atoms with van der Waals surface area (Å²) in [6, 6.07) is 14.0. The Labute approximate surface area is 141 Å². The lowest BCUT2D eigenvalue weighted by Crippen LogP contribution is -2.11. The van der Waals surface area contributed by atoms with Crippen molar-refractivity contribution >= 4 is 16.7 Å². The van der Waals surface area contributed by atoms with Crippen molar-refractivity contribution in [3.8, 4) is 5.75 Å². The lowest BCUT2D eigenvalue weighted by atomic mass is 10.1. The molecule has 0 saturated carbocycles. The van der Waals surface area contributed by atoms with E-state index < -0.39 is 0 Å². The molecule has 0 saturated heterocycles. The van der Waals surface area contributed by atoms with Crippen molar-refractivity contribution in [1.82, 2.24) is 9.97 Å². The lowest BCUT2D eigenvalue weighted by molar-refractivity contribution is 0.130. The van der Waals surface area contributed by atoms with Crippen molar-refractivity contribution in [1.29, 1.82) is 0 Å². The van der Waals surface area contributed by atoms with Crippen LogP contribution in [0.3, 0.4) is 0 Å². The number of anilines is 1. The maximum absolute atomic E-state index is 5.72. The number of aryl methyl sites for hydroxylation is 1. The van der Waals surface area contributed by atoms with E-state index in [4.69, 9.17) is 9.47 Å². The monoisotopic (exact) mass is 323 g/mol. The number of nitrogens with one attached hydrogen (secondary N) is 1. The van der Waals surface area contributed by atoms with Gasteiger partial charge in [0.15, 0.2) is 0 Å².